The number of carbonyl (C=O) groups excluding carboxylic acids is 1. The van der Waals surface area contributed by atoms with E-state index < -0.39 is 0 Å². The average Bonchev–Trinajstić information content (AvgIpc) is 2.27. The molecule has 0 saturated carbocycles. The number of benzene rings is 1. The number of methoxy groups -OCH3 is 1. The fourth-order valence-electron chi connectivity index (χ4n) is 2.31. The van der Waals surface area contributed by atoms with Crippen LogP contribution in [0.3, 0.4) is 0 Å². The second-order valence-corrected chi connectivity index (χ2v) is 4.99. The molecule has 1 aromatic carbocycles. The van der Waals surface area contributed by atoms with E-state index in [2.05, 4.69) is 37.4 Å². The van der Waals surface area contributed by atoms with Crippen molar-refractivity contribution in [2.75, 3.05) is 13.7 Å². The second-order valence-electron chi connectivity index (χ2n) is 4.99. The lowest BCUT2D eigenvalue weighted by Gasteiger charge is -2.31. The fraction of sp³-hybridized carbons (Fsp3) is 0.533. The first-order valence-corrected chi connectivity index (χ1v) is 6.32. The summed E-state index contributed by atoms with van der Waals surface area (Å²) in [5.74, 6) is -0.197. The third-order valence-corrected chi connectivity index (χ3v) is 3.15. The normalized spacial score (nSPS) is 14.1. The zero-order valence-corrected chi connectivity index (χ0v) is 12.0. The Labute approximate surface area is 110 Å². The van der Waals surface area contributed by atoms with Gasteiger partial charge in [-0.3, -0.25) is 4.79 Å². The molecule has 18 heavy (non-hydrogen) atoms. The van der Waals surface area contributed by atoms with E-state index in [0.29, 0.717) is 6.42 Å². The molecule has 0 radical (unpaired) electrons. The molecule has 100 valence electrons. The SMILES string of the molecule is CCNC(C)(CC(=O)OC)c1cc(C)cc(C)c1. The summed E-state index contributed by atoms with van der Waals surface area (Å²) in [6, 6.07) is 6.38. The van der Waals surface area contributed by atoms with Gasteiger partial charge >= 0.3 is 5.97 Å². The molecule has 0 aromatic heterocycles. The summed E-state index contributed by atoms with van der Waals surface area (Å²) < 4.78 is 4.80. The zero-order chi connectivity index (χ0) is 13.8. The van der Waals surface area contributed by atoms with E-state index in [9.17, 15) is 4.79 Å². The predicted molar refractivity (Wildman–Crippen MR) is 73.6 cm³/mol. The standard InChI is InChI=1S/C15H23NO2/c1-6-16-15(4,10-14(17)18-5)13-8-11(2)7-12(3)9-13/h7-9,16H,6,10H2,1-5H3. The Kier molecular flexibility index (Phi) is 4.91. The van der Waals surface area contributed by atoms with Crippen LogP contribution in [0.5, 0.6) is 0 Å². The van der Waals surface area contributed by atoms with Crippen LogP contribution in [0.1, 0.15) is 37.0 Å². The molecular formula is C15H23NO2. The average molecular weight is 249 g/mol. The summed E-state index contributed by atoms with van der Waals surface area (Å²) in [5.41, 5.74) is 3.17. The number of hydrogen-bond donors (Lipinski definition) is 1. The van der Waals surface area contributed by atoms with Crippen LogP contribution in [0.4, 0.5) is 0 Å². The number of nitrogens with one attached hydrogen (secondary N) is 1. The van der Waals surface area contributed by atoms with Crippen molar-refractivity contribution in [2.45, 2.75) is 39.7 Å². The van der Waals surface area contributed by atoms with Crippen molar-refractivity contribution < 1.29 is 9.53 Å². The highest BCUT2D eigenvalue weighted by Gasteiger charge is 2.29. The molecule has 0 aliphatic carbocycles. The first-order valence-electron chi connectivity index (χ1n) is 6.32. The topological polar surface area (TPSA) is 38.3 Å². The number of hydrogen-bond acceptors (Lipinski definition) is 3. The van der Waals surface area contributed by atoms with Gasteiger partial charge in [0.25, 0.3) is 0 Å². The Morgan fingerprint density at radius 1 is 1.28 bits per heavy atom. The van der Waals surface area contributed by atoms with Gasteiger partial charge in [-0.25, -0.2) is 0 Å². The molecule has 1 N–H and O–H groups in total. The van der Waals surface area contributed by atoms with E-state index in [4.69, 9.17) is 4.74 Å². The molecule has 0 aliphatic rings. The summed E-state index contributed by atoms with van der Waals surface area (Å²) >= 11 is 0. The van der Waals surface area contributed by atoms with E-state index in [0.717, 1.165) is 12.1 Å². The zero-order valence-electron chi connectivity index (χ0n) is 12.0. The van der Waals surface area contributed by atoms with Crippen molar-refractivity contribution in [3.05, 3.63) is 34.9 Å². The molecule has 3 nitrogen and oxygen atoms in total. The number of aryl methyl sites for hydroxylation is 2. The van der Waals surface area contributed by atoms with Crippen LogP contribution in [-0.2, 0) is 15.1 Å². The van der Waals surface area contributed by atoms with Crippen LogP contribution >= 0.6 is 0 Å². The van der Waals surface area contributed by atoms with Gasteiger partial charge in [-0.15, -0.1) is 0 Å². The minimum Gasteiger partial charge on any atom is -0.469 e. The molecule has 1 rings (SSSR count). The van der Waals surface area contributed by atoms with Crippen molar-refractivity contribution in [1.29, 1.82) is 0 Å². The number of rotatable bonds is 5. The van der Waals surface area contributed by atoms with E-state index >= 15 is 0 Å². The van der Waals surface area contributed by atoms with Gasteiger partial charge in [0.1, 0.15) is 0 Å². The Morgan fingerprint density at radius 2 is 1.83 bits per heavy atom. The van der Waals surface area contributed by atoms with Crippen molar-refractivity contribution in [3.63, 3.8) is 0 Å². The maximum atomic E-state index is 11.6. The molecule has 0 spiro atoms. The lowest BCUT2D eigenvalue weighted by Crippen LogP contribution is -2.41. The van der Waals surface area contributed by atoms with Gasteiger partial charge in [0.15, 0.2) is 0 Å². The lowest BCUT2D eigenvalue weighted by atomic mass is 9.86. The van der Waals surface area contributed by atoms with Crippen LogP contribution in [0.2, 0.25) is 0 Å². The molecule has 1 atom stereocenters. The third-order valence-electron chi connectivity index (χ3n) is 3.15. The highest BCUT2D eigenvalue weighted by atomic mass is 16.5. The van der Waals surface area contributed by atoms with Crippen molar-refractivity contribution in [1.82, 2.24) is 5.32 Å². The van der Waals surface area contributed by atoms with E-state index in [-0.39, 0.29) is 11.5 Å². The highest BCUT2D eigenvalue weighted by molar-refractivity contribution is 5.71. The van der Waals surface area contributed by atoms with Crippen molar-refractivity contribution >= 4 is 5.97 Å². The summed E-state index contributed by atoms with van der Waals surface area (Å²) in [5, 5.41) is 3.39. The second kappa shape index (κ2) is 6.01. The van der Waals surface area contributed by atoms with Gasteiger partial charge in [-0.2, -0.15) is 0 Å². The molecular weight excluding hydrogens is 226 g/mol. The van der Waals surface area contributed by atoms with Gasteiger partial charge in [-0.05, 0) is 32.9 Å². The van der Waals surface area contributed by atoms with Crippen LogP contribution in [0, 0.1) is 13.8 Å². The molecule has 1 aromatic rings. The fourth-order valence-corrected chi connectivity index (χ4v) is 2.31. The van der Waals surface area contributed by atoms with Crippen molar-refractivity contribution in [2.24, 2.45) is 0 Å². The van der Waals surface area contributed by atoms with Gasteiger partial charge < -0.3 is 10.1 Å². The van der Waals surface area contributed by atoms with Crippen LogP contribution in [-0.4, -0.2) is 19.6 Å². The third kappa shape index (κ3) is 3.57. The largest absolute Gasteiger partial charge is 0.469 e. The molecule has 1 unspecified atom stereocenters. The minimum absolute atomic E-state index is 0.197. The van der Waals surface area contributed by atoms with Crippen LogP contribution in [0.25, 0.3) is 0 Å². The van der Waals surface area contributed by atoms with E-state index in [1.165, 1.54) is 18.2 Å². The van der Waals surface area contributed by atoms with Gasteiger partial charge in [0.05, 0.1) is 19.1 Å². The maximum Gasteiger partial charge on any atom is 0.307 e. The number of carbonyl (C=O) groups is 1. The first-order chi connectivity index (χ1) is 8.41. The molecule has 0 saturated heterocycles. The Morgan fingerprint density at radius 3 is 2.28 bits per heavy atom. The Bertz CT molecular complexity index is 408. The van der Waals surface area contributed by atoms with Crippen LogP contribution < -0.4 is 5.32 Å². The van der Waals surface area contributed by atoms with Gasteiger partial charge in [0.2, 0.25) is 0 Å². The van der Waals surface area contributed by atoms with Gasteiger partial charge in [0, 0.05) is 0 Å². The minimum atomic E-state index is -0.376. The molecule has 0 bridgehead atoms. The summed E-state index contributed by atoms with van der Waals surface area (Å²) in [7, 11) is 1.43. The lowest BCUT2D eigenvalue weighted by molar-refractivity contribution is -0.142. The number of ether oxygens (including phenoxy) is 1. The first kappa shape index (κ1) is 14.7. The quantitative estimate of drug-likeness (QED) is 0.815. The summed E-state index contributed by atoms with van der Waals surface area (Å²) in [6.45, 7) is 9.03. The molecule has 3 heteroatoms. The van der Waals surface area contributed by atoms with E-state index in [1.54, 1.807) is 0 Å². The van der Waals surface area contributed by atoms with Crippen LogP contribution in [0.15, 0.2) is 18.2 Å². The summed E-state index contributed by atoms with van der Waals surface area (Å²) in [4.78, 5) is 11.6. The highest BCUT2D eigenvalue weighted by Crippen LogP contribution is 2.27. The molecule has 0 fully saturated rings. The van der Waals surface area contributed by atoms with Gasteiger partial charge in [-0.1, -0.05) is 36.2 Å². The number of esters is 1. The van der Waals surface area contributed by atoms with E-state index in [1.807, 2.05) is 13.8 Å². The summed E-state index contributed by atoms with van der Waals surface area (Å²) in [6.07, 6.45) is 0.334. The Balaban J connectivity index is 3.12. The smallest absolute Gasteiger partial charge is 0.307 e. The maximum absolute atomic E-state index is 11.6. The molecule has 0 heterocycles. The monoisotopic (exact) mass is 249 g/mol. The predicted octanol–water partition coefficient (Wildman–Crippen LogP) is 2.69. The Hall–Kier alpha value is -1.35. The van der Waals surface area contributed by atoms with Crippen molar-refractivity contribution in [3.8, 4) is 0 Å². The molecule has 0 amide bonds. The molecule has 0 aliphatic heterocycles.